The molecule has 45 heavy (non-hydrogen) atoms. The van der Waals surface area contributed by atoms with E-state index >= 15 is 0 Å². The molecule has 0 saturated carbocycles. The fourth-order valence-corrected chi connectivity index (χ4v) is 4.42. The van der Waals surface area contributed by atoms with E-state index in [1.807, 2.05) is 147 Å². The van der Waals surface area contributed by atoms with Crippen molar-refractivity contribution >= 4 is 0 Å². The Labute approximate surface area is 281 Å². The molecule has 3 aromatic heterocycles. The van der Waals surface area contributed by atoms with Crippen molar-refractivity contribution in [2.24, 2.45) is 0 Å². The quantitative estimate of drug-likeness (QED) is 0.164. The Morgan fingerprint density at radius 2 is 1.00 bits per heavy atom. The zero-order valence-corrected chi connectivity index (χ0v) is 27.2. The van der Waals surface area contributed by atoms with E-state index in [-0.39, 0.29) is 26.5 Å². The maximum absolute atomic E-state index is 8.13. The molecule has 0 spiro atoms. The van der Waals surface area contributed by atoms with Gasteiger partial charge in [0.15, 0.2) is 0 Å². The van der Waals surface area contributed by atoms with E-state index in [2.05, 4.69) is 45.3 Å². The second-order valence-electron chi connectivity index (χ2n) is 9.57. The summed E-state index contributed by atoms with van der Waals surface area (Å²) in [6.07, 6.45) is 5.14. The monoisotopic (exact) mass is 760 g/mol. The summed E-state index contributed by atoms with van der Waals surface area (Å²) in [6.45, 7) is 1.89. The maximum Gasteiger partial charge on any atom is 3.00 e. The summed E-state index contributed by atoms with van der Waals surface area (Å²) in [6, 6.07) is 56.7. The standard InChI is InChI=1S/C19H16N.2C11H8N.Ir/c1-2-15-13-19(17-11-7-4-8-12-17)20-14-18(15)16-9-5-3-6-10-16;2*1-2-6-10(7-3-1)11-8-4-5-9-12-11;/h3-11,13-14H,2H2,1H3;2*1-6,8-9H;/q3*-1;+3/i2D;;;. The van der Waals surface area contributed by atoms with Gasteiger partial charge < -0.3 is 15.0 Å². The molecule has 0 aliphatic heterocycles. The first-order valence-corrected chi connectivity index (χ1v) is 14.4. The molecule has 0 amide bonds. The summed E-state index contributed by atoms with van der Waals surface area (Å²) in [4.78, 5) is 13.0. The van der Waals surface area contributed by atoms with Crippen LogP contribution in [0.3, 0.4) is 0 Å². The third-order valence-corrected chi connectivity index (χ3v) is 6.62. The van der Waals surface area contributed by atoms with Crippen LogP contribution in [0.15, 0.2) is 164 Å². The summed E-state index contributed by atoms with van der Waals surface area (Å²) in [5, 5.41) is 0. The molecule has 0 fully saturated rings. The molecule has 7 aromatic rings. The molecule has 1 atom stereocenters. The molecule has 0 bridgehead atoms. The first-order valence-electron chi connectivity index (χ1n) is 15.0. The van der Waals surface area contributed by atoms with Crippen molar-refractivity contribution in [3.63, 3.8) is 0 Å². The van der Waals surface area contributed by atoms with Crippen molar-refractivity contribution in [3.05, 3.63) is 188 Å². The van der Waals surface area contributed by atoms with Crippen molar-refractivity contribution in [3.8, 4) is 44.9 Å². The van der Waals surface area contributed by atoms with Crippen LogP contribution in [0.5, 0.6) is 0 Å². The van der Waals surface area contributed by atoms with Crippen LogP contribution in [-0.4, -0.2) is 15.0 Å². The Balaban J connectivity index is 0.000000165. The van der Waals surface area contributed by atoms with Gasteiger partial charge in [-0.2, -0.15) is 0 Å². The third kappa shape index (κ3) is 9.74. The number of nitrogens with zero attached hydrogens (tertiary/aromatic N) is 3. The van der Waals surface area contributed by atoms with Gasteiger partial charge in [-0.15, -0.1) is 108 Å². The zero-order valence-electron chi connectivity index (χ0n) is 25.8. The molecule has 0 N–H and O–H groups in total. The molecule has 220 valence electrons. The van der Waals surface area contributed by atoms with E-state index in [1.165, 1.54) is 0 Å². The SMILES string of the molecule is [2H]C(C)c1cc(-c2[c-]cccc2)ncc1-c1ccccc1.[Ir+3].[c-]1ccccc1-c1ccccn1.[c-]1ccccc1-c1ccccn1. The van der Waals surface area contributed by atoms with E-state index in [1.54, 1.807) is 12.4 Å². The van der Waals surface area contributed by atoms with Gasteiger partial charge in [-0.3, -0.25) is 0 Å². The largest absolute Gasteiger partial charge is 3.00 e. The molecule has 3 heterocycles. The van der Waals surface area contributed by atoms with E-state index in [4.69, 9.17) is 1.37 Å². The van der Waals surface area contributed by atoms with Crippen LogP contribution in [0, 0.1) is 18.2 Å². The average Bonchev–Trinajstić information content (AvgIpc) is 3.14. The number of aryl methyl sites for hydroxylation is 1. The second-order valence-corrected chi connectivity index (χ2v) is 9.57. The smallest absolute Gasteiger partial charge is 0.305 e. The summed E-state index contributed by atoms with van der Waals surface area (Å²) < 4.78 is 8.13. The van der Waals surface area contributed by atoms with Crippen LogP contribution in [0.1, 0.15) is 13.9 Å². The van der Waals surface area contributed by atoms with Crippen molar-refractivity contribution in [1.82, 2.24) is 15.0 Å². The normalized spacial score (nSPS) is 10.8. The molecular weight excluding hydrogens is 727 g/mol. The zero-order chi connectivity index (χ0) is 31.1. The average molecular weight is 760 g/mol. The molecule has 4 aromatic carbocycles. The van der Waals surface area contributed by atoms with Gasteiger partial charge >= 0.3 is 20.1 Å². The molecule has 7 rings (SSSR count). The maximum atomic E-state index is 8.13. The predicted molar refractivity (Wildman–Crippen MR) is 180 cm³/mol. The Kier molecular flexibility index (Phi) is 12.5. The van der Waals surface area contributed by atoms with Crippen LogP contribution in [0.2, 0.25) is 0 Å². The molecular formula is C41H32IrN3. The topological polar surface area (TPSA) is 38.7 Å². The van der Waals surface area contributed by atoms with Crippen LogP contribution in [0.4, 0.5) is 0 Å². The number of benzene rings is 4. The fraction of sp³-hybridized carbons (Fsp3) is 0.0488. The van der Waals surface area contributed by atoms with Gasteiger partial charge in [0.25, 0.3) is 0 Å². The molecule has 0 saturated heterocycles. The Morgan fingerprint density at radius 3 is 1.42 bits per heavy atom. The Hall–Kier alpha value is -5.02. The van der Waals surface area contributed by atoms with Crippen molar-refractivity contribution < 1.29 is 21.5 Å². The van der Waals surface area contributed by atoms with E-state index in [9.17, 15) is 0 Å². The van der Waals surface area contributed by atoms with Crippen molar-refractivity contribution in [2.45, 2.75) is 13.3 Å². The van der Waals surface area contributed by atoms with Gasteiger partial charge in [0.05, 0.1) is 0 Å². The van der Waals surface area contributed by atoms with Crippen LogP contribution in [-0.2, 0) is 26.5 Å². The van der Waals surface area contributed by atoms with Gasteiger partial charge in [0, 0.05) is 25.5 Å². The minimum atomic E-state index is -0.300. The van der Waals surface area contributed by atoms with Gasteiger partial charge in [-0.1, -0.05) is 67.6 Å². The summed E-state index contributed by atoms with van der Waals surface area (Å²) in [5.41, 5.74) is 8.96. The first-order chi connectivity index (χ1) is 22.2. The van der Waals surface area contributed by atoms with E-state index in [0.29, 0.717) is 0 Å². The predicted octanol–water partition coefficient (Wildman–Crippen LogP) is 9.87. The van der Waals surface area contributed by atoms with E-state index < -0.39 is 0 Å². The number of hydrogen-bond donors (Lipinski definition) is 0. The molecule has 0 radical (unpaired) electrons. The van der Waals surface area contributed by atoms with Gasteiger partial charge in [0.1, 0.15) is 0 Å². The second kappa shape index (κ2) is 17.9. The molecule has 3 nitrogen and oxygen atoms in total. The minimum Gasteiger partial charge on any atom is -0.305 e. The van der Waals surface area contributed by atoms with Gasteiger partial charge in [0.2, 0.25) is 0 Å². The van der Waals surface area contributed by atoms with Crippen LogP contribution >= 0.6 is 0 Å². The van der Waals surface area contributed by atoms with Crippen LogP contribution in [0.25, 0.3) is 44.9 Å². The molecule has 1 unspecified atom stereocenters. The third-order valence-electron chi connectivity index (χ3n) is 6.62. The van der Waals surface area contributed by atoms with Crippen molar-refractivity contribution in [1.29, 1.82) is 0 Å². The Bertz CT molecular complexity index is 1690. The van der Waals surface area contributed by atoms with Crippen molar-refractivity contribution in [2.75, 3.05) is 0 Å². The molecule has 0 aliphatic carbocycles. The van der Waals surface area contributed by atoms with Crippen LogP contribution < -0.4 is 0 Å². The fourth-order valence-electron chi connectivity index (χ4n) is 4.42. The summed E-state index contributed by atoms with van der Waals surface area (Å²) >= 11 is 0. The number of rotatable bonds is 5. The van der Waals surface area contributed by atoms with E-state index in [0.717, 1.165) is 50.5 Å². The number of aromatic nitrogens is 3. The van der Waals surface area contributed by atoms with Gasteiger partial charge in [-0.25, -0.2) is 0 Å². The Morgan fingerprint density at radius 1 is 0.533 bits per heavy atom. The number of pyridine rings is 3. The summed E-state index contributed by atoms with van der Waals surface area (Å²) in [7, 11) is 0. The number of hydrogen-bond acceptors (Lipinski definition) is 3. The minimum absolute atomic E-state index is 0. The first kappa shape index (κ1) is 31.4. The van der Waals surface area contributed by atoms with Gasteiger partial charge in [-0.05, 0) is 46.7 Å². The molecule has 0 aliphatic rings. The summed E-state index contributed by atoms with van der Waals surface area (Å²) in [5.74, 6) is 0. The molecule has 4 heteroatoms.